The summed E-state index contributed by atoms with van der Waals surface area (Å²) < 4.78 is 7.33. The highest BCUT2D eigenvalue weighted by Crippen LogP contribution is 2.26. The number of ether oxygens (including phenoxy) is 1. The van der Waals surface area contributed by atoms with Gasteiger partial charge in [0.2, 0.25) is 23.6 Å². The fourth-order valence-electron chi connectivity index (χ4n) is 5.71. The van der Waals surface area contributed by atoms with E-state index in [0.717, 1.165) is 31.6 Å². The lowest BCUT2D eigenvalue weighted by molar-refractivity contribution is -0.137. The van der Waals surface area contributed by atoms with Gasteiger partial charge in [0.15, 0.2) is 0 Å². The number of amides is 5. The topological polar surface area (TPSA) is 275 Å². The van der Waals surface area contributed by atoms with E-state index >= 15 is 0 Å². The van der Waals surface area contributed by atoms with Gasteiger partial charge in [0.25, 0.3) is 5.91 Å². The highest BCUT2D eigenvalue weighted by molar-refractivity contribution is 6.02. The number of rotatable bonds is 12. The smallest absolute Gasteiger partial charge is 0.303 e. The third-order valence-electron chi connectivity index (χ3n) is 8.73. The summed E-state index contributed by atoms with van der Waals surface area (Å²) in [5.74, 6) is -4.47. The molecule has 50 heavy (non-hydrogen) atoms. The minimum absolute atomic E-state index is 0.0418. The molecule has 2 unspecified atom stereocenters. The average Bonchev–Trinajstić information content (AvgIpc) is 3.59. The van der Waals surface area contributed by atoms with Crippen LogP contribution in [0.5, 0.6) is 5.75 Å². The maximum absolute atomic E-state index is 13.7. The molecule has 0 aliphatic carbocycles. The summed E-state index contributed by atoms with van der Waals surface area (Å²) in [6, 6.07) is -0.102. The predicted octanol–water partition coefficient (Wildman–Crippen LogP) is -0.726. The minimum Gasteiger partial charge on any atom is -0.493 e. The van der Waals surface area contributed by atoms with Crippen LogP contribution in [0, 0.1) is 0 Å². The second-order valence-electron chi connectivity index (χ2n) is 12.4. The van der Waals surface area contributed by atoms with Gasteiger partial charge in [-0.1, -0.05) is 5.21 Å². The maximum atomic E-state index is 13.7. The lowest BCUT2D eigenvalue weighted by atomic mass is 9.95. The zero-order chi connectivity index (χ0) is 36.2. The number of aromatic nitrogens is 3. The first-order valence-corrected chi connectivity index (χ1v) is 16.8. The molecule has 0 saturated carbocycles. The van der Waals surface area contributed by atoms with Crippen molar-refractivity contribution in [2.75, 3.05) is 31.6 Å². The van der Waals surface area contributed by atoms with Crippen LogP contribution in [0.4, 0.5) is 5.69 Å². The number of carboxylic acids is 1. The van der Waals surface area contributed by atoms with Crippen LogP contribution in [0.2, 0.25) is 0 Å². The lowest BCUT2D eigenvalue weighted by Crippen LogP contribution is -2.56. The van der Waals surface area contributed by atoms with E-state index in [1.807, 2.05) is 0 Å². The first-order chi connectivity index (χ1) is 24.0. The molecule has 0 spiro atoms. The van der Waals surface area contributed by atoms with Gasteiger partial charge >= 0.3 is 5.97 Å². The Morgan fingerprint density at radius 1 is 1.04 bits per heavy atom. The van der Waals surface area contributed by atoms with Gasteiger partial charge in [-0.25, -0.2) is 4.68 Å². The van der Waals surface area contributed by atoms with Gasteiger partial charge in [-0.05, 0) is 83.3 Å². The molecule has 3 heterocycles. The zero-order valence-corrected chi connectivity index (χ0v) is 28.0. The normalized spacial score (nSPS) is 21.3. The van der Waals surface area contributed by atoms with Crippen LogP contribution in [-0.2, 0) is 24.0 Å². The predicted molar refractivity (Wildman–Crippen MR) is 179 cm³/mol. The molecule has 1 aromatic heterocycles. The number of unbranched alkanes of at least 4 members (excludes halogenated alkanes) is 1. The van der Waals surface area contributed by atoms with E-state index in [1.165, 1.54) is 22.9 Å². The second-order valence-corrected chi connectivity index (χ2v) is 12.4. The summed E-state index contributed by atoms with van der Waals surface area (Å²) in [4.78, 5) is 77.3. The van der Waals surface area contributed by atoms with Gasteiger partial charge in [-0.2, -0.15) is 0 Å². The summed E-state index contributed by atoms with van der Waals surface area (Å²) in [7, 11) is 0. The number of benzene rings is 1. The van der Waals surface area contributed by atoms with Gasteiger partial charge in [0.1, 0.15) is 29.9 Å². The molecule has 1 fully saturated rings. The molecular formula is C32H46N10O8. The fourth-order valence-corrected chi connectivity index (χ4v) is 5.71. The Bertz CT molecular complexity index is 1540. The molecule has 4 rings (SSSR count). The molecule has 5 amide bonds. The second kappa shape index (κ2) is 18.1. The molecule has 2 aromatic rings. The number of piperidine rings is 1. The molecule has 2 aliphatic rings. The SMILES string of the molecule is CC(C(=O)Nc1ccc2c(c1)C(=O)N[C@@H](CCC(=O)O)C(=O)N[C@@H](CCCCN)C(=O)NC(C(N)=O)CCO2)n1cc(C2CCNCC2)nn1. The van der Waals surface area contributed by atoms with Crippen molar-refractivity contribution >= 4 is 41.2 Å². The average molecular weight is 699 g/mol. The number of primary amides is 1. The summed E-state index contributed by atoms with van der Waals surface area (Å²) in [6.45, 7) is 3.63. The third kappa shape index (κ3) is 10.4. The van der Waals surface area contributed by atoms with Gasteiger partial charge in [-0.15, -0.1) is 5.10 Å². The number of fused-ring (bicyclic) bond motifs is 1. The monoisotopic (exact) mass is 698 g/mol. The number of aliphatic carboxylic acids is 1. The van der Waals surface area contributed by atoms with Crippen molar-refractivity contribution in [2.45, 2.75) is 88.4 Å². The number of anilines is 1. The van der Waals surface area contributed by atoms with Crippen LogP contribution in [0.1, 0.15) is 86.3 Å². The Hall–Kier alpha value is -5.10. The molecule has 1 aromatic carbocycles. The van der Waals surface area contributed by atoms with Gasteiger partial charge in [0, 0.05) is 30.6 Å². The Morgan fingerprint density at radius 3 is 2.46 bits per heavy atom. The van der Waals surface area contributed by atoms with Crippen molar-refractivity contribution in [1.82, 2.24) is 36.3 Å². The number of carbonyl (C=O) groups is 6. The fraction of sp³-hybridized carbons (Fsp3) is 0.562. The van der Waals surface area contributed by atoms with Crippen LogP contribution < -0.4 is 42.8 Å². The number of hydrogen-bond donors (Lipinski definition) is 8. The van der Waals surface area contributed by atoms with Crippen LogP contribution in [-0.4, -0.2) is 100.0 Å². The number of nitrogens with two attached hydrogens (primary N) is 2. The maximum Gasteiger partial charge on any atom is 0.303 e. The Kier molecular flexibility index (Phi) is 13.6. The molecule has 1 saturated heterocycles. The van der Waals surface area contributed by atoms with Crippen LogP contribution >= 0.6 is 0 Å². The number of nitrogens with one attached hydrogen (secondary N) is 5. The van der Waals surface area contributed by atoms with E-state index in [2.05, 4.69) is 36.9 Å². The highest BCUT2D eigenvalue weighted by atomic mass is 16.5. The molecule has 10 N–H and O–H groups in total. The first-order valence-electron chi connectivity index (χ1n) is 16.8. The summed E-state index contributed by atoms with van der Waals surface area (Å²) in [5.41, 5.74) is 12.1. The van der Waals surface area contributed by atoms with E-state index < -0.39 is 66.1 Å². The van der Waals surface area contributed by atoms with Crippen molar-refractivity contribution in [3.05, 3.63) is 35.7 Å². The van der Waals surface area contributed by atoms with Crippen molar-refractivity contribution in [3.63, 3.8) is 0 Å². The van der Waals surface area contributed by atoms with E-state index in [-0.39, 0.29) is 48.8 Å². The van der Waals surface area contributed by atoms with Crippen molar-refractivity contribution in [2.24, 2.45) is 11.5 Å². The number of carbonyl (C=O) groups excluding carboxylic acids is 5. The third-order valence-corrected chi connectivity index (χ3v) is 8.73. The minimum atomic E-state index is -1.37. The Balaban J connectivity index is 1.59. The Morgan fingerprint density at radius 2 is 1.76 bits per heavy atom. The molecule has 0 bridgehead atoms. The van der Waals surface area contributed by atoms with Crippen LogP contribution in [0.3, 0.4) is 0 Å². The summed E-state index contributed by atoms with van der Waals surface area (Å²) >= 11 is 0. The molecular weight excluding hydrogens is 652 g/mol. The molecule has 4 atom stereocenters. The van der Waals surface area contributed by atoms with E-state index in [1.54, 1.807) is 13.1 Å². The van der Waals surface area contributed by atoms with Crippen LogP contribution in [0.15, 0.2) is 24.4 Å². The van der Waals surface area contributed by atoms with Crippen molar-refractivity contribution < 1.29 is 38.6 Å². The van der Waals surface area contributed by atoms with Crippen LogP contribution in [0.25, 0.3) is 0 Å². The quantitative estimate of drug-likeness (QED) is 0.128. The lowest BCUT2D eigenvalue weighted by Gasteiger charge is -2.26. The van der Waals surface area contributed by atoms with Gasteiger partial charge in [-0.3, -0.25) is 28.8 Å². The zero-order valence-electron chi connectivity index (χ0n) is 28.0. The number of carboxylic acid groups (broad SMARTS) is 1. The first kappa shape index (κ1) is 37.7. The van der Waals surface area contributed by atoms with Gasteiger partial charge in [0.05, 0.1) is 17.9 Å². The molecule has 0 radical (unpaired) electrons. The summed E-state index contributed by atoms with van der Waals surface area (Å²) in [5, 5.41) is 31.6. The summed E-state index contributed by atoms with van der Waals surface area (Å²) in [6.07, 6.45) is 3.96. The van der Waals surface area contributed by atoms with E-state index in [4.69, 9.17) is 16.2 Å². The number of hydrogen-bond acceptors (Lipinski definition) is 11. The van der Waals surface area contributed by atoms with Gasteiger partial charge < -0.3 is 47.9 Å². The van der Waals surface area contributed by atoms with E-state index in [0.29, 0.717) is 19.4 Å². The molecule has 2 aliphatic heterocycles. The molecule has 272 valence electrons. The molecule has 18 heteroatoms. The highest BCUT2D eigenvalue weighted by Gasteiger charge is 2.31. The number of nitrogens with zero attached hydrogens (tertiary/aromatic N) is 3. The van der Waals surface area contributed by atoms with Crippen molar-refractivity contribution in [1.29, 1.82) is 0 Å². The van der Waals surface area contributed by atoms with Crippen molar-refractivity contribution in [3.8, 4) is 5.75 Å². The molecule has 18 nitrogen and oxygen atoms in total. The Labute approximate surface area is 288 Å². The van der Waals surface area contributed by atoms with E-state index in [9.17, 15) is 33.9 Å². The largest absolute Gasteiger partial charge is 0.493 e. The standard InChI is InChI=1S/C32H46N10O8/c1-18(42-17-25(40-41-42)19-9-13-35-14-10-19)29(46)36-20-5-7-26-21(16-20)30(47)38-24(6-8-27(43)44)32(49)39-23(4-2-3-12-33)31(48)37-22(28(34)45)11-15-50-26/h5,7,16-19,22-24,35H,2-4,6,8-15,33H2,1H3,(H2,34,45)(H,36,46)(H,37,48)(H,38,47)(H,39,49)(H,43,44)/t18?,22?,23-,24-/m0/s1.